The van der Waals surface area contributed by atoms with Crippen LogP contribution in [0.4, 0.5) is 0 Å². The van der Waals surface area contributed by atoms with Gasteiger partial charge in [-0.1, -0.05) is 122 Å². The summed E-state index contributed by atoms with van der Waals surface area (Å²) in [7, 11) is 0. The van der Waals surface area contributed by atoms with Crippen molar-refractivity contribution in [1.82, 2.24) is 36.4 Å². The number of nitrogens with zero attached hydrogens (tertiary/aromatic N) is 2. The van der Waals surface area contributed by atoms with Gasteiger partial charge in [-0.2, -0.15) is 11.8 Å². The van der Waals surface area contributed by atoms with Gasteiger partial charge in [0.2, 0.25) is 41.4 Å². The van der Waals surface area contributed by atoms with E-state index < -0.39 is 220 Å². The molecule has 3 aliphatic rings. The number of ketones is 3. The van der Waals surface area contributed by atoms with Gasteiger partial charge in [0, 0.05) is 82.5 Å². The number of carbonyl (C=O) groups excluding carboxylic acids is 11. The summed E-state index contributed by atoms with van der Waals surface area (Å²) >= 11 is 1.49. The van der Waals surface area contributed by atoms with Gasteiger partial charge >= 0.3 is 0 Å². The van der Waals surface area contributed by atoms with Crippen molar-refractivity contribution in [3.05, 3.63) is 65.7 Å². The predicted molar refractivity (Wildman–Crippen MR) is 396 cm³/mol. The van der Waals surface area contributed by atoms with Crippen LogP contribution in [-0.2, 0) is 63.9 Å². The Hall–Kier alpha value is -6.80. The molecule has 3 heterocycles. The first kappa shape index (κ1) is 89.8. The Kier molecular flexibility index (Phi) is 38.9. The number of hydrogen-bond acceptors (Lipinski definition) is 22. The Morgan fingerprint density at radius 3 is 2.05 bits per heavy atom. The van der Waals surface area contributed by atoms with Gasteiger partial charge in [-0.25, -0.2) is 0 Å². The summed E-state index contributed by atoms with van der Waals surface area (Å²) in [5.74, 6) is -13.0. The van der Waals surface area contributed by atoms with Crippen molar-refractivity contribution >= 4 is 76.7 Å². The SMILES string of the molecule is CC[C@H](C)C[C@H](C)CCCCCCCCC(=O)C[C@H]1C[C@@H](O)[C@@H](OCCN)NC(=O)[C@@H]2[C@@H](O)CCN2C(=O)[C@H]([C@H](O)CCNC(=O)[C@@H](CC(=O)[C@H](CC(C)C)NC(=O)[C@@H](CC=O)CCSC)Cc2ccccc2)NC(=O)[C@H]([C@H](O)[C@@H](O)c2ccc(O)cc2)CC(=O)[C@@H]2C[C@@H](O)CN2C(=O)[C@H]([C@@H](C)O)NC1=O. The van der Waals surface area contributed by atoms with Crippen molar-refractivity contribution in [2.75, 3.05) is 44.8 Å². The second-order valence-electron chi connectivity index (χ2n) is 29.9. The fraction of sp³-hybridized carbons (Fsp3) is 0.701. The van der Waals surface area contributed by atoms with Crippen LogP contribution >= 0.6 is 11.8 Å². The average molecular weight is 1510 g/mol. The zero-order valence-electron chi connectivity index (χ0n) is 62.8. The van der Waals surface area contributed by atoms with Crippen LogP contribution in [0.5, 0.6) is 5.75 Å². The van der Waals surface area contributed by atoms with Crippen molar-refractivity contribution in [2.24, 2.45) is 47.2 Å². The molecule has 2 aromatic carbocycles. The minimum atomic E-state index is -2.30. The van der Waals surface area contributed by atoms with Crippen molar-refractivity contribution in [3.8, 4) is 5.75 Å². The molecule has 106 heavy (non-hydrogen) atoms. The van der Waals surface area contributed by atoms with Gasteiger partial charge in [-0.05, 0) is 111 Å². The van der Waals surface area contributed by atoms with E-state index in [2.05, 4.69) is 47.4 Å². The van der Waals surface area contributed by atoms with Crippen LogP contribution in [0.2, 0.25) is 0 Å². The van der Waals surface area contributed by atoms with Gasteiger partial charge in [-0.15, -0.1) is 0 Å². The van der Waals surface area contributed by atoms with Crippen molar-refractivity contribution in [1.29, 1.82) is 0 Å². The summed E-state index contributed by atoms with van der Waals surface area (Å²) in [5.41, 5.74) is 6.42. The maximum absolute atomic E-state index is 15.5. The molecule has 28 nitrogen and oxygen atoms in total. The molecule has 7 amide bonds. The molecule has 0 spiro atoms. The molecule has 0 aromatic heterocycles. The number of thioether (sulfide) groups is 1. The van der Waals surface area contributed by atoms with E-state index in [4.69, 9.17) is 10.5 Å². The highest BCUT2D eigenvalue weighted by molar-refractivity contribution is 7.98. The van der Waals surface area contributed by atoms with E-state index in [1.165, 1.54) is 30.3 Å². The average Bonchev–Trinajstić information content (AvgIpc) is 1.59. The molecule has 3 fully saturated rings. The van der Waals surface area contributed by atoms with Crippen LogP contribution in [0.3, 0.4) is 0 Å². The number of phenols is 1. The van der Waals surface area contributed by atoms with E-state index in [0.717, 1.165) is 67.4 Å². The van der Waals surface area contributed by atoms with E-state index in [0.29, 0.717) is 48.7 Å². The first-order valence-corrected chi connectivity index (χ1v) is 39.3. The van der Waals surface area contributed by atoms with Crippen molar-refractivity contribution < 1.29 is 98.3 Å². The molecule has 29 heteroatoms. The Balaban J connectivity index is 1.54. The second kappa shape index (κ2) is 45.9. The zero-order valence-corrected chi connectivity index (χ0v) is 63.6. The number of aliphatic hydroxyl groups is 7. The highest BCUT2D eigenvalue weighted by Gasteiger charge is 2.49. The summed E-state index contributed by atoms with van der Waals surface area (Å²) in [4.78, 5) is 160. The standard InChI is InChI=1S/C77H120N8O20S/c1-8-46(4)37-47(5)18-14-11-9-10-12-17-21-55(89)39-53-41-64(95)75(105-34-30-78)83-74(102)67-61(92)27-32-84(67)77(104)66(60(91)26-31-79-70(98)52(38-49-19-15-13-16-20-49)40-62(93)58(36-45(2)3)80-71(99)51(28-33-86)29-35-106-7)82-73(101)57(69(97)68(96)50-22-24-54(88)25-23-50)43-63(94)59-42-56(90)44-85(59)76(103)65(48(6)87)81-72(53)100/h13,15-16,19-20,22-25,33,45-48,51-53,56-61,64-69,75,87-88,90-92,95-97H,8-12,14,17-18,21,26-32,34-44,78H2,1-7H3,(H,79,98)(H,80,99)(H,81,100)(H,82,101)(H,83,102)/t46-,47+,48+,51-,52+,53-,56+,57-,58-,59-,60+,61-,64+,65-,66-,67-,68-,69-,75+/m0/s1. The summed E-state index contributed by atoms with van der Waals surface area (Å²) in [6.07, 6.45) is -7.37. The fourth-order valence-corrected chi connectivity index (χ4v) is 14.8. The van der Waals surface area contributed by atoms with E-state index in [1.807, 2.05) is 20.1 Å². The number of Topliss-reactive ketones (excluding diaryl/α,β-unsaturated/α-hetero) is 3. The molecule has 0 aliphatic carbocycles. The topological polar surface area (TPSA) is 451 Å². The lowest BCUT2D eigenvalue weighted by atomic mass is 9.86. The van der Waals surface area contributed by atoms with Crippen LogP contribution in [0, 0.1) is 41.4 Å². The molecule has 19 atom stereocenters. The molecule has 3 aliphatic heterocycles. The number of aldehydes is 1. The summed E-state index contributed by atoms with van der Waals surface area (Å²) in [6.45, 7) is 9.60. The van der Waals surface area contributed by atoms with Gasteiger partial charge in [-0.3, -0.25) is 47.9 Å². The summed E-state index contributed by atoms with van der Waals surface area (Å²) in [5, 5.41) is 106. The number of aliphatic hydroxyl groups excluding tert-OH is 7. The van der Waals surface area contributed by atoms with Crippen LogP contribution < -0.4 is 32.3 Å². The second-order valence-corrected chi connectivity index (χ2v) is 30.9. The normalized spacial score (nSPS) is 24.9. The number of benzene rings is 2. The third-order valence-corrected chi connectivity index (χ3v) is 21.3. The lowest BCUT2D eigenvalue weighted by Gasteiger charge is -2.34. The molecule has 594 valence electrons. The number of nitrogens with one attached hydrogen (secondary N) is 5. The number of ether oxygens (including phenoxy) is 1. The molecule has 0 bridgehead atoms. The smallest absolute Gasteiger partial charge is 0.248 e. The van der Waals surface area contributed by atoms with Gasteiger partial charge in [0.1, 0.15) is 42.0 Å². The van der Waals surface area contributed by atoms with Crippen LogP contribution in [-0.4, -0.2) is 233 Å². The van der Waals surface area contributed by atoms with Crippen LogP contribution in [0.25, 0.3) is 0 Å². The number of unbranched alkanes of at least 4 members (excludes halogenated alkanes) is 5. The Morgan fingerprint density at radius 2 is 1.41 bits per heavy atom. The van der Waals surface area contributed by atoms with E-state index >= 15 is 9.59 Å². The van der Waals surface area contributed by atoms with Crippen molar-refractivity contribution in [2.45, 2.75) is 256 Å². The largest absolute Gasteiger partial charge is 0.508 e. The molecular weight excluding hydrogens is 1390 g/mol. The number of nitrogens with two attached hydrogens (primary N) is 1. The molecule has 15 N–H and O–H groups in total. The van der Waals surface area contributed by atoms with Crippen molar-refractivity contribution in [3.63, 3.8) is 0 Å². The van der Waals surface area contributed by atoms with Gasteiger partial charge in [0.15, 0.2) is 17.8 Å². The maximum atomic E-state index is 15.5. The summed E-state index contributed by atoms with van der Waals surface area (Å²) in [6, 6.07) is 4.75. The monoisotopic (exact) mass is 1510 g/mol. The number of carbonyl (C=O) groups is 11. The third kappa shape index (κ3) is 28.3. The molecule has 0 unspecified atom stereocenters. The minimum absolute atomic E-state index is 0.0111. The van der Waals surface area contributed by atoms with Gasteiger partial charge < -0.3 is 92.5 Å². The molecule has 5 rings (SSSR count). The summed E-state index contributed by atoms with van der Waals surface area (Å²) < 4.78 is 5.87. The van der Waals surface area contributed by atoms with Gasteiger partial charge in [0.05, 0.1) is 61.2 Å². The van der Waals surface area contributed by atoms with E-state index in [-0.39, 0.29) is 62.5 Å². The molecule has 0 radical (unpaired) electrons. The number of fused-ring (bicyclic) bond motifs is 2. The fourth-order valence-electron chi connectivity index (χ4n) is 14.3. The molecule has 2 aromatic rings. The third-order valence-electron chi connectivity index (χ3n) is 20.6. The Morgan fingerprint density at radius 1 is 0.745 bits per heavy atom. The van der Waals surface area contributed by atoms with E-state index in [9.17, 15) is 84.0 Å². The molecular formula is C77H120N8O20S. The quantitative estimate of drug-likeness (QED) is 0.0337. The highest BCUT2D eigenvalue weighted by atomic mass is 32.2. The first-order chi connectivity index (χ1) is 50.4. The van der Waals surface area contributed by atoms with Gasteiger partial charge in [0.25, 0.3) is 0 Å². The van der Waals surface area contributed by atoms with E-state index in [1.54, 1.807) is 30.3 Å². The lowest BCUT2D eigenvalue weighted by molar-refractivity contribution is -0.150. The molecule has 3 saturated heterocycles. The Bertz CT molecular complexity index is 3130. The number of rotatable bonds is 40. The zero-order chi connectivity index (χ0) is 78.3. The highest BCUT2D eigenvalue weighted by Crippen LogP contribution is 2.32. The van der Waals surface area contributed by atoms with Crippen LogP contribution in [0.1, 0.15) is 187 Å². The predicted octanol–water partition coefficient (Wildman–Crippen LogP) is 2.76. The Labute approximate surface area is 627 Å². The number of amides is 7. The maximum Gasteiger partial charge on any atom is 0.248 e. The lowest BCUT2D eigenvalue weighted by Crippen LogP contribution is -2.61. The number of aromatic hydroxyl groups is 1. The molecule has 0 saturated carbocycles. The van der Waals surface area contributed by atoms with Crippen LogP contribution in [0.15, 0.2) is 54.6 Å². The number of hydrogen-bond donors (Lipinski definition) is 14. The first-order valence-electron chi connectivity index (χ1n) is 37.9. The number of phenolic OH excluding ortho intramolecular Hbond substituents is 1. The minimum Gasteiger partial charge on any atom is -0.508 e.